The Kier molecular flexibility index (Phi) is 7.87. The number of fused-ring (bicyclic) bond motifs is 2. The molecule has 3 heterocycles. The molecule has 1 fully saturated rings. The number of rotatable bonds is 10. The van der Waals surface area contributed by atoms with Gasteiger partial charge in [0.1, 0.15) is 24.0 Å². The van der Waals surface area contributed by atoms with Gasteiger partial charge in [-0.3, -0.25) is 9.18 Å². The summed E-state index contributed by atoms with van der Waals surface area (Å²) >= 11 is 5.84. The number of carbonyl (C=O) groups is 2. The van der Waals surface area contributed by atoms with Gasteiger partial charge in [0.25, 0.3) is 0 Å². The summed E-state index contributed by atoms with van der Waals surface area (Å²) < 4.78 is 62.6. The molecule has 0 atom stereocenters. The Hall–Kier alpha value is -4.90. The van der Waals surface area contributed by atoms with E-state index in [1.54, 1.807) is 41.0 Å². The van der Waals surface area contributed by atoms with E-state index in [4.69, 9.17) is 25.8 Å². The maximum Gasteiger partial charge on any atom is 0.337 e. The zero-order chi connectivity index (χ0) is 32.9. The smallest absolute Gasteiger partial charge is 0.337 e. The van der Waals surface area contributed by atoms with E-state index in [0.29, 0.717) is 46.4 Å². The van der Waals surface area contributed by atoms with Crippen LogP contribution >= 0.6 is 11.6 Å². The number of aromatic nitrogens is 3. The number of hydrogen-bond acceptors (Lipinski definition) is 7. The van der Waals surface area contributed by atoms with Crippen molar-refractivity contribution in [2.24, 2.45) is 5.41 Å². The molecule has 1 saturated carbocycles. The largest absolute Gasteiger partial charge is 0.492 e. The lowest BCUT2D eigenvalue weighted by atomic mass is 9.95. The summed E-state index contributed by atoms with van der Waals surface area (Å²) in [5, 5.41) is 0.265. The van der Waals surface area contributed by atoms with Crippen LogP contribution in [-0.2, 0) is 24.3 Å². The lowest BCUT2D eigenvalue weighted by Gasteiger charge is -2.17. The molecule has 0 unspecified atom stereocenters. The van der Waals surface area contributed by atoms with Crippen molar-refractivity contribution in [2.75, 3.05) is 20.4 Å². The first-order chi connectivity index (χ1) is 22.7. The van der Waals surface area contributed by atoms with Gasteiger partial charge in [0.05, 0.1) is 48.2 Å². The van der Waals surface area contributed by atoms with Crippen molar-refractivity contribution in [1.82, 2.24) is 14.5 Å². The van der Waals surface area contributed by atoms with Gasteiger partial charge < -0.3 is 18.8 Å². The van der Waals surface area contributed by atoms with E-state index in [1.807, 2.05) is 0 Å². The minimum Gasteiger partial charge on any atom is -0.492 e. The van der Waals surface area contributed by atoms with Gasteiger partial charge in [0.15, 0.2) is 5.82 Å². The second kappa shape index (κ2) is 12.0. The molecule has 12 heteroatoms. The van der Waals surface area contributed by atoms with Crippen LogP contribution in [0.4, 0.5) is 13.2 Å². The third kappa shape index (κ3) is 5.69. The number of esters is 1. The molecular weight excluding hydrogens is 635 g/mol. The van der Waals surface area contributed by atoms with Crippen molar-refractivity contribution in [2.45, 2.75) is 32.4 Å². The summed E-state index contributed by atoms with van der Waals surface area (Å²) in [6, 6.07) is 15.0. The first-order valence-corrected chi connectivity index (χ1v) is 15.3. The fourth-order valence-corrected chi connectivity index (χ4v) is 6.03. The standard InChI is InChI=1S/C35H27ClF3N3O5/c1-45-34(44)19-6-8-27-28(13-19)42(18-35(17-37)10-11-35)33(41-27)31(43)30-22-9-12-46-32(22)23(15-25(30)39)26-3-2-4-29(40-26)47-16-20-5-7-21(36)14-24(20)38/h2-8,13-15H,9-12,16-18H2,1H3. The lowest BCUT2D eigenvalue weighted by molar-refractivity contribution is 0.0600. The summed E-state index contributed by atoms with van der Waals surface area (Å²) in [5.41, 5.74) is 1.54. The van der Waals surface area contributed by atoms with E-state index in [2.05, 4.69) is 9.97 Å². The number of halogens is 4. The number of ketones is 1. The number of imidazole rings is 1. The monoisotopic (exact) mass is 661 g/mol. The van der Waals surface area contributed by atoms with Crippen LogP contribution < -0.4 is 9.47 Å². The molecule has 1 aliphatic carbocycles. The van der Waals surface area contributed by atoms with E-state index in [0.717, 1.165) is 0 Å². The van der Waals surface area contributed by atoms with Crippen LogP contribution in [0.25, 0.3) is 22.3 Å². The van der Waals surface area contributed by atoms with Crippen molar-refractivity contribution < 1.29 is 37.0 Å². The maximum absolute atomic E-state index is 16.1. The highest BCUT2D eigenvalue weighted by Crippen LogP contribution is 2.48. The average molecular weight is 662 g/mol. The van der Waals surface area contributed by atoms with Crippen LogP contribution in [0.2, 0.25) is 5.02 Å². The van der Waals surface area contributed by atoms with Crippen molar-refractivity contribution >= 4 is 34.4 Å². The van der Waals surface area contributed by atoms with Crippen LogP contribution in [0.3, 0.4) is 0 Å². The van der Waals surface area contributed by atoms with E-state index < -0.39 is 35.5 Å². The molecule has 5 aromatic rings. The molecule has 0 radical (unpaired) electrons. The molecule has 0 N–H and O–H groups in total. The fraction of sp³-hybridized carbons (Fsp3) is 0.257. The number of alkyl halides is 1. The van der Waals surface area contributed by atoms with Crippen molar-refractivity contribution in [1.29, 1.82) is 0 Å². The summed E-state index contributed by atoms with van der Waals surface area (Å²) in [6.07, 6.45) is 1.52. The Morgan fingerprint density at radius 3 is 2.62 bits per heavy atom. The van der Waals surface area contributed by atoms with E-state index in [1.165, 1.54) is 31.4 Å². The van der Waals surface area contributed by atoms with Crippen LogP contribution in [0, 0.1) is 17.0 Å². The second-order valence-corrected chi connectivity index (χ2v) is 12.2. The first kappa shape index (κ1) is 30.7. The number of hydrogen-bond donors (Lipinski definition) is 0. The van der Waals surface area contributed by atoms with Crippen LogP contribution in [0.1, 0.15) is 50.5 Å². The van der Waals surface area contributed by atoms with Gasteiger partial charge in [-0.25, -0.2) is 23.5 Å². The first-order valence-electron chi connectivity index (χ1n) is 14.9. The summed E-state index contributed by atoms with van der Waals surface area (Å²) in [5.74, 6) is -2.16. The van der Waals surface area contributed by atoms with E-state index in [9.17, 15) is 18.4 Å². The molecule has 0 saturated heterocycles. The zero-order valence-electron chi connectivity index (χ0n) is 25.1. The normalized spacial score (nSPS) is 14.5. The Morgan fingerprint density at radius 1 is 1.04 bits per heavy atom. The molecule has 7 rings (SSSR count). The molecule has 3 aromatic carbocycles. The minimum absolute atomic E-state index is 0.0644. The molecule has 1 aliphatic heterocycles. The van der Waals surface area contributed by atoms with Gasteiger partial charge in [-0.15, -0.1) is 0 Å². The average Bonchev–Trinajstić information content (AvgIpc) is 3.52. The molecule has 8 nitrogen and oxygen atoms in total. The third-order valence-corrected chi connectivity index (χ3v) is 8.89. The number of methoxy groups -OCH3 is 1. The van der Waals surface area contributed by atoms with Crippen LogP contribution in [-0.4, -0.2) is 46.7 Å². The van der Waals surface area contributed by atoms with Crippen molar-refractivity contribution in [3.8, 4) is 22.9 Å². The maximum atomic E-state index is 16.1. The molecule has 0 spiro atoms. The van der Waals surface area contributed by atoms with Crippen LogP contribution in [0.15, 0.2) is 60.7 Å². The van der Waals surface area contributed by atoms with Gasteiger partial charge in [-0.2, -0.15) is 0 Å². The van der Waals surface area contributed by atoms with Gasteiger partial charge in [-0.1, -0.05) is 23.7 Å². The fourth-order valence-electron chi connectivity index (χ4n) is 5.87. The predicted octanol–water partition coefficient (Wildman–Crippen LogP) is 7.31. The van der Waals surface area contributed by atoms with E-state index >= 15 is 4.39 Å². The molecule has 0 amide bonds. The van der Waals surface area contributed by atoms with E-state index in [-0.39, 0.29) is 59.6 Å². The Labute approximate surface area is 272 Å². The topological polar surface area (TPSA) is 92.5 Å². The predicted molar refractivity (Wildman–Crippen MR) is 167 cm³/mol. The Balaban J connectivity index is 1.26. The zero-order valence-corrected chi connectivity index (χ0v) is 25.9. The quantitative estimate of drug-likeness (QED) is 0.114. The van der Waals surface area contributed by atoms with Gasteiger partial charge >= 0.3 is 5.97 Å². The molecule has 2 aromatic heterocycles. The third-order valence-electron chi connectivity index (χ3n) is 8.65. The SMILES string of the molecule is COC(=O)c1ccc2nc(C(=O)c3c(F)cc(-c4cccc(OCc5ccc(Cl)cc5F)n4)c4c3CCO4)n(CC3(CF)CC3)c2c1. The highest BCUT2D eigenvalue weighted by atomic mass is 35.5. The Morgan fingerprint density at radius 2 is 1.87 bits per heavy atom. The number of pyridine rings is 1. The highest BCUT2D eigenvalue weighted by Gasteiger charge is 2.44. The molecule has 240 valence electrons. The Bertz CT molecular complexity index is 2080. The summed E-state index contributed by atoms with van der Waals surface area (Å²) in [7, 11) is 1.26. The molecular formula is C35H27ClF3N3O5. The van der Waals surface area contributed by atoms with Gasteiger partial charge in [-0.05, 0) is 55.3 Å². The number of carbonyl (C=O) groups excluding carboxylic acids is 2. The lowest BCUT2D eigenvalue weighted by Crippen LogP contribution is -2.20. The van der Waals surface area contributed by atoms with Crippen molar-refractivity contribution in [3.63, 3.8) is 0 Å². The molecule has 0 bridgehead atoms. The second-order valence-electron chi connectivity index (χ2n) is 11.8. The number of nitrogens with zero attached hydrogens (tertiary/aromatic N) is 3. The summed E-state index contributed by atoms with van der Waals surface area (Å²) in [6.45, 7) is -0.349. The number of ether oxygens (including phenoxy) is 3. The summed E-state index contributed by atoms with van der Waals surface area (Å²) in [4.78, 5) is 35.5. The van der Waals surface area contributed by atoms with Gasteiger partial charge in [0, 0.05) is 46.2 Å². The number of benzene rings is 3. The molecule has 2 aliphatic rings. The highest BCUT2D eigenvalue weighted by molar-refractivity contribution is 6.30. The molecule has 47 heavy (non-hydrogen) atoms. The van der Waals surface area contributed by atoms with Crippen LogP contribution in [0.5, 0.6) is 11.6 Å². The van der Waals surface area contributed by atoms with Gasteiger partial charge in [0.2, 0.25) is 11.7 Å². The minimum atomic E-state index is -0.800. The van der Waals surface area contributed by atoms with Crippen molar-refractivity contribution in [3.05, 3.63) is 105 Å².